The SMILES string of the molecule is [2H]c1ccnc(-c2cccc3c2oc2ccccc23)c1[2H]. The summed E-state index contributed by atoms with van der Waals surface area (Å²) in [5.41, 5.74) is 2.76. The van der Waals surface area contributed by atoms with Crippen molar-refractivity contribution in [3.05, 3.63) is 66.8 Å². The first-order chi connectivity index (χ1) is 10.3. The molecule has 4 rings (SSSR count). The Hall–Kier alpha value is -2.61. The van der Waals surface area contributed by atoms with Crippen LogP contribution in [0.1, 0.15) is 2.74 Å². The molecule has 2 aromatic heterocycles. The second kappa shape index (κ2) is 3.95. The summed E-state index contributed by atoms with van der Waals surface area (Å²) in [6.45, 7) is 0. The molecule has 2 heteroatoms. The third-order valence-electron chi connectivity index (χ3n) is 3.21. The summed E-state index contributed by atoms with van der Waals surface area (Å²) in [5.74, 6) is 0. The Kier molecular flexibility index (Phi) is 1.77. The van der Waals surface area contributed by atoms with Crippen LogP contribution in [-0.2, 0) is 0 Å². The lowest BCUT2D eigenvalue weighted by molar-refractivity contribution is 0.670. The van der Waals surface area contributed by atoms with Gasteiger partial charge in [-0.25, -0.2) is 0 Å². The molecule has 90 valence electrons. The molecule has 2 aromatic carbocycles. The molecule has 2 nitrogen and oxygen atoms in total. The zero-order chi connectivity index (χ0) is 14.4. The Morgan fingerprint density at radius 2 is 1.84 bits per heavy atom. The van der Waals surface area contributed by atoms with Crippen LogP contribution in [0.25, 0.3) is 33.2 Å². The van der Waals surface area contributed by atoms with Crippen molar-refractivity contribution < 1.29 is 7.16 Å². The van der Waals surface area contributed by atoms with Gasteiger partial charge in [0, 0.05) is 22.5 Å². The Balaban J connectivity index is 2.12. The molecule has 0 spiro atoms. The van der Waals surface area contributed by atoms with E-state index in [0.717, 1.165) is 21.9 Å². The lowest BCUT2D eigenvalue weighted by atomic mass is 10.1. The number of benzene rings is 2. The Labute approximate surface area is 113 Å². The summed E-state index contributed by atoms with van der Waals surface area (Å²) in [5, 5.41) is 2.04. The van der Waals surface area contributed by atoms with Gasteiger partial charge in [0.1, 0.15) is 11.2 Å². The first-order valence-corrected chi connectivity index (χ1v) is 6.08. The lowest BCUT2D eigenvalue weighted by Gasteiger charge is -2.00. The summed E-state index contributed by atoms with van der Waals surface area (Å²) in [7, 11) is 0. The van der Waals surface area contributed by atoms with E-state index in [1.54, 1.807) is 6.20 Å². The summed E-state index contributed by atoms with van der Waals surface area (Å²) < 4.78 is 21.8. The quantitative estimate of drug-likeness (QED) is 0.489. The number of hydrogen-bond acceptors (Lipinski definition) is 2. The monoisotopic (exact) mass is 247 g/mol. The molecule has 0 saturated carbocycles. The van der Waals surface area contributed by atoms with Gasteiger partial charge in [-0.2, -0.15) is 0 Å². The number of furan rings is 1. The summed E-state index contributed by atoms with van der Waals surface area (Å²) in [6.07, 6.45) is 1.55. The van der Waals surface area contributed by atoms with E-state index in [0.29, 0.717) is 11.3 Å². The molecule has 0 radical (unpaired) electrons. The van der Waals surface area contributed by atoms with E-state index >= 15 is 0 Å². The van der Waals surface area contributed by atoms with Crippen molar-refractivity contribution in [1.29, 1.82) is 0 Å². The largest absolute Gasteiger partial charge is 0.455 e. The van der Waals surface area contributed by atoms with Gasteiger partial charge in [-0.05, 0) is 24.2 Å². The van der Waals surface area contributed by atoms with Gasteiger partial charge < -0.3 is 4.42 Å². The maximum atomic E-state index is 8.05. The summed E-state index contributed by atoms with van der Waals surface area (Å²) >= 11 is 0. The van der Waals surface area contributed by atoms with Crippen LogP contribution in [0.3, 0.4) is 0 Å². The van der Waals surface area contributed by atoms with E-state index in [1.165, 1.54) is 6.07 Å². The molecule has 0 atom stereocenters. The number of para-hydroxylation sites is 2. The van der Waals surface area contributed by atoms with Gasteiger partial charge >= 0.3 is 0 Å². The minimum absolute atomic E-state index is 0.116. The zero-order valence-corrected chi connectivity index (χ0v) is 10.1. The van der Waals surface area contributed by atoms with Crippen molar-refractivity contribution in [3.8, 4) is 11.3 Å². The molecule has 0 amide bonds. The van der Waals surface area contributed by atoms with Crippen molar-refractivity contribution in [1.82, 2.24) is 4.98 Å². The van der Waals surface area contributed by atoms with Crippen molar-refractivity contribution >= 4 is 21.9 Å². The van der Waals surface area contributed by atoms with Crippen LogP contribution in [0, 0.1) is 0 Å². The van der Waals surface area contributed by atoms with Gasteiger partial charge in [-0.15, -0.1) is 0 Å². The van der Waals surface area contributed by atoms with E-state index in [4.69, 9.17) is 7.16 Å². The predicted molar refractivity (Wildman–Crippen MR) is 77.0 cm³/mol. The minimum Gasteiger partial charge on any atom is -0.455 e. The van der Waals surface area contributed by atoms with Crippen molar-refractivity contribution in [2.45, 2.75) is 0 Å². The maximum absolute atomic E-state index is 8.05. The molecular weight excluding hydrogens is 234 g/mol. The van der Waals surface area contributed by atoms with Gasteiger partial charge in [-0.3, -0.25) is 4.98 Å². The third kappa shape index (κ3) is 1.54. The molecule has 0 bridgehead atoms. The molecule has 0 unspecified atom stereocenters. The number of rotatable bonds is 1. The molecule has 0 N–H and O–H groups in total. The number of aromatic nitrogens is 1. The van der Waals surface area contributed by atoms with Gasteiger partial charge in [-0.1, -0.05) is 36.4 Å². The standard InChI is InChI=1S/C17H11NO/c1-2-10-16-12(6-1)13-7-5-8-14(17(13)19-16)15-9-3-4-11-18-15/h1-11H/i3D,9D. The highest BCUT2D eigenvalue weighted by Crippen LogP contribution is 2.34. The first-order valence-electron chi connectivity index (χ1n) is 7.08. The smallest absolute Gasteiger partial charge is 0.144 e. The molecule has 2 heterocycles. The first kappa shape index (κ1) is 8.48. The molecular formula is C17H11NO. The van der Waals surface area contributed by atoms with Crippen molar-refractivity contribution in [3.63, 3.8) is 0 Å². The number of pyridine rings is 1. The van der Waals surface area contributed by atoms with Gasteiger partial charge in [0.25, 0.3) is 0 Å². The normalized spacial score (nSPS) is 12.6. The molecule has 0 aliphatic carbocycles. The summed E-state index contributed by atoms with van der Waals surface area (Å²) in [4.78, 5) is 4.26. The highest BCUT2D eigenvalue weighted by molar-refractivity contribution is 6.09. The second-order valence-electron chi connectivity index (χ2n) is 4.34. The Morgan fingerprint density at radius 3 is 2.84 bits per heavy atom. The fourth-order valence-electron chi connectivity index (χ4n) is 2.36. The Morgan fingerprint density at radius 1 is 0.947 bits per heavy atom. The number of nitrogens with zero attached hydrogens (tertiary/aromatic N) is 1. The van der Waals surface area contributed by atoms with Crippen molar-refractivity contribution in [2.75, 3.05) is 0 Å². The van der Waals surface area contributed by atoms with E-state index in [1.807, 2.05) is 42.5 Å². The minimum atomic E-state index is 0.116. The highest BCUT2D eigenvalue weighted by atomic mass is 16.3. The van der Waals surface area contributed by atoms with Crippen LogP contribution < -0.4 is 0 Å². The average Bonchev–Trinajstić information content (AvgIpc) is 2.89. The van der Waals surface area contributed by atoms with Crippen LogP contribution in [0.4, 0.5) is 0 Å². The number of hydrogen-bond donors (Lipinski definition) is 0. The zero-order valence-electron chi connectivity index (χ0n) is 12.1. The van der Waals surface area contributed by atoms with Gasteiger partial charge in [0.2, 0.25) is 0 Å². The topological polar surface area (TPSA) is 26.0 Å². The molecule has 19 heavy (non-hydrogen) atoms. The summed E-state index contributed by atoms with van der Waals surface area (Å²) in [6, 6.07) is 15.4. The fraction of sp³-hybridized carbons (Fsp3) is 0. The predicted octanol–water partition coefficient (Wildman–Crippen LogP) is 4.65. The fourth-order valence-corrected chi connectivity index (χ4v) is 2.36. The third-order valence-corrected chi connectivity index (χ3v) is 3.21. The van der Waals surface area contributed by atoms with E-state index in [9.17, 15) is 0 Å². The van der Waals surface area contributed by atoms with Crippen LogP contribution in [0.2, 0.25) is 0 Å². The van der Waals surface area contributed by atoms with Crippen LogP contribution >= 0.6 is 0 Å². The molecule has 0 aliphatic heterocycles. The second-order valence-corrected chi connectivity index (χ2v) is 4.34. The molecule has 0 saturated heterocycles. The van der Waals surface area contributed by atoms with E-state index in [2.05, 4.69) is 4.98 Å². The van der Waals surface area contributed by atoms with Gasteiger partial charge in [0.15, 0.2) is 0 Å². The van der Waals surface area contributed by atoms with Crippen LogP contribution in [0.15, 0.2) is 71.2 Å². The number of fused-ring (bicyclic) bond motifs is 3. The van der Waals surface area contributed by atoms with E-state index < -0.39 is 0 Å². The Bertz CT molecular complexity index is 975. The van der Waals surface area contributed by atoms with Crippen LogP contribution in [0.5, 0.6) is 0 Å². The lowest BCUT2D eigenvalue weighted by Crippen LogP contribution is -1.81. The molecule has 4 aromatic rings. The van der Waals surface area contributed by atoms with Gasteiger partial charge in [0.05, 0.1) is 8.44 Å². The van der Waals surface area contributed by atoms with E-state index in [-0.39, 0.29) is 12.1 Å². The molecule has 0 aliphatic rings. The highest BCUT2D eigenvalue weighted by Gasteiger charge is 2.11. The van der Waals surface area contributed by atoms with Crippen molar-refractivity contribution in [2.24, 2.45) is 0 Å². The maximum Gasteiger partial charge on any atom is 0.144 e. The molecule has 0 fully saturated rings. The average molecular weight is 247 g/mol. The van der Waals surface area contributed by atoms with Crippen LogP contribution in [-0.4, -0.2) is 4.98 Å².